The Kier molecular flexibility index (Phi) is 15.2. The van der Waals surface area contributed by atoms with Crippen LogP contribution in [-0.2, 0) is 36.8 Å². The molecule has 16 nitrogen and oxygen atoms in total. The highest BCUT2D eigenvalue weighted by Gasteiger charge is 2.39. The molecule has 0 aliphatic carbocycles. The third kappa shape index (κ3) is 10.7. The van der Waals surface area contributed by atoms with Crippen LogP contribution in [0.4, 0.5) is 11.4 Å². The number of hydrogen-bond acceptors (Lipinski definition) is 13. The molecular weight excluding hydrogens is 853 g/mol. The molecule has 4 aromatic rings. The van der Waals surface area contributed by atoms with Gasteiger partial charge in [0.2, 0.25) is 17.7 Å². The molecule has 3 aliphatic heterocycles. The molecule has 2 N–H and O–H groups in total. The van der Waals surface area contributed by atoms with Crippen molar-refractivity contribution in [1.29, 1.82) is 5.26 Å². The zero-order valence-corrected chi connectivity index (χ0v) is 36.7. The lowest BCUT2D eigenvalue weighted by Gasteiger charge is -2.34. The van der Waals surface area contributed by atoms with E-state index in [4.69, 9.17) is 46.9 Å². The first-order valence-corrected chi connectivity index (χ1v) is 21.6. The van der Waals surface area contributed by atoms with Gasteiger partial charge in [-0.15, -0.1) is 0 Å². The number of imide groups is 1. The number of ether oxygens (including phenoxy) is 5. The summed E-state index contributed by atoms with van der Waals surface area (Å²) in [6.45, 7) is 5.41. The zero-order valence-electron chi connectivity index (χ0n) is 35.2. The number of carbonyl (C=O) groups excluding carboxylic acids is 4. The van der Waals surface area contributed by atoms with Crippen LogP contribution in [0.5, 0.6) is 17.2 Å². The number of fused-ring (bicyclic) bond motifs is 2. The quantitative estimate of drug-likeness (QED) is 0.0888. The molecule has 1 atom stereocenters. The Morgan fingerprint density at radius 2 is 1.73 bits per heavy atom. The van der Waals surface area contributed by atoms with Crippen LogP contribution in [0.15, 0.2) is 48.7 Å². The normalized spacial score (nSPS) is 16.5. The number of aromatic nitrogens is 1. The Morgan fingerprint density at radius 1 is 0.937 bits per heavy atom. The number of piperazine rings is 1. The van der Waals surface area contributed by atoms with Gasteiger partial charge >= 0.3 is 0 Å². The number of aryl methyl sites for hydroxylation is 1. The first-order chi connectivity index (χ1) is 30.6. The van der Waals surface area contributed by atoms with Crippen LogP contribution in [0, 0.1) is 11.3 Å². The van der Waals surface area contributed by atoms with Crippen LogP contribution in [0.1, 0.15) is 52.7 Å². The van der Waals surface area contributed by atoms with E-state index < -0.39 is 11.9 Å². The summed E-state index contributed by atoms with van der Waals surface area (Å²) in [5, 5.41) is 16.8. The third-order valence-corrected chi connectivity index (χ3v) is 12.0. The van der Waals surface area contributed by atoms with E-state index >= 15 is 0 Å². The second-order valence-electron chi connectivity index (χ2n) is 15.3. The van der Waals surface area contributed by atoms with Gasteiger partial charge in [0, 0.05) is 81.6 Å². The van der Waals surface area contributed by atoms with E-state index in [0.717, 1.165) is 43.6 Å². The van der Waals surface area contributed by atoms with Gasteiger partial charge in [0.25, 0.3) is 5.91 Å². The fraction of sp³-hybridized carbons (Fsp3) is 0.422. The summed E-state index contributed by atoms with van der Waals surface area (Å²) in [7, 11) is 3.06. The van der Waals surface area contributed by atoms with E-state index in [1.165, 1.54) is 13.3 Å². The number of methoxy groups -OCH3 is 2. The van der Waals surface area contributed by atoms with Crippen LogP contribution in [0.25, 0.3) is 10.9 Å². The summed E-state index contributed by atoms with van der Waals surface area (Å²) in [5.41, 5.74) is 4.47. The number of carbonyl (C=O) groups is 4. The number of anilines is 2. The molecule has 332 valence electrons. The van der Waals surface area contributed by atoms with Crippen LogP contribution in [0.3, 0.4) is 0 Å². The van der Waals surface area contributed by atoms with E-state index in [0.29, 0.717) is 120 Å². The van der Waals surface area contributed by atoms with E-state index in [1.54, 1.807) is 42.3 Å². The number of nitrogens with zero attached hydrogens (tertiary/aromatic N) is 5. The third-order valence-electron chi connectivity index (χ3n) is 11.4. The smallest absolute Gasteiger partial charge is 0.255 e. The van der Waals surface area contributed by atoms with Crippen molar-refractivity contribution in [2.45, 2.75) is 44.7 Å². The molecule has 0 saturated carbocycles. The number of hydrogen-bond donors (Lipinski definition) is 2. The molecule has 63 heavy (non-hydrogen) atoms. The van der Waals surface area contributed by atoms with Crippen LogP contribution >= 0.6 is 23.2 Å². The predicted octanol–water partition coefficient (Wildman–Crippen LogP) is 5.51. The van der Waals surface area contributed by atoms with Crippen molar-refractivity contribution >= 4 is 69.1 Å². The minimum atomic E-state index is -0.641. The van der Waals surface area contributed by atoms with Gasteiger partial charge in [-0.25, -0.2) is 0 Å². The number of nitriles is 1. The van der Waals surface area contributed by atoms with Gasteiger partial charge in [-0.3, -0.25) is 34.4 Å². The summed E-state index contributed by atoms with van der Waals surface area (Å²) < 4.78 is 28.6. The van der Waals surface area contributed by atoms with E-state index in [2.05, 4.69) is 26.6 Å². The lowest BCUT2D eigenvalue weighted by Crippen LogP contribution is -2.52. The molecular formula is C45H49Cl2N7O9. The molecule has 0 radical (unpaired) electrons. The van der Waals surface area contributed by atoms with Crippen molar-refractivity contribution < 1.29 is 42.9 Å². The van der Waals surface area contributed by atoms with E-state index in [1.807, 2.05) is 17.0 Å². The molecule has 1 aromatic heterocycles. The highest BCUT2D eigenvalue weighted by molar-refractivity contribution is 6.37. The monoisotopic (exact) mass is 901 g/mol. The van der Waals surface area contributed by atoms with Gasteiger partial charge in [-0.2, -0.15) is 5.26 Å². The highest BCUT2D eigenvalue weighted by atomic mass is 35.5. The first kappa shape index (κ1) is 45.3. The number of nitrogens with one attached hydrogen (secondary N) is 2. The fourth-order valence-electron chi connectivity index (χ4n) is 8.02. The lowest BCUT2D eigenvalue weighted by molar-refractivity contribution is -0.138. The van der Waals surface area contributed by atoms with Crippen LogP contribution < -0.4 is 24.8 Å². The van der Waals surface area contributed by atoms with Gasteiger partial charge < -0.3 is 38.8 Å². The average molecular weight is 903 g/mol. The fourth-order valence-corrected chi connectivity index (χ4v) is 8.53. The molecule has 4 amide bonds. The Morgan fingerprint density at radius 3 is 2.49 bits per heavy atom. The Hall–Kier alpha value is -5.70. The molecule has 0 spiro atoms. The van der Waals surface area contributed by atoms with Crippen molar-refractivity contribution in [1.82, 2.24) is 25.0 Å². The summed E-state index contributed by atoms with van der Waals surface area (Å²) in [6, 6.07) is 14.0. The van der Waals surface area contributed by atoms with Crippen LogP contribution in [0.2, 0.25) is 10.0 Å². The molecule has 1 unspecified atom stereocenters. The second-order valence-corrected chi connectivity index (χ2v) is 16.1. The SMILES string of the molecule is COc1cc(Nc2c(C#N)cnc3cc(OCCCN4CCN(C(=O)COCCOCCCc5cccc6c5CN(C5CCC(=O)NC5=O)C6=O)CC4)c(OC)cc23)c(Cl)cc1Cl. The van der Waals surface area contributed by atoms with Gasteiger partial charge in [0.05, 0.1) is 66.5 Å². The Labute approximate surface area is 375 Å². The van der Waals surface area contributed by atoms with Crippen molar-refractivity contribution in [3.63, 3.8) is 0 Å². The second kappa shape index (κ2) is 21.1. The minimum absolute atomic E-state index is 0.00743. The van der Waals surface area contributed by atoms with Crippen molar-refractivity contribution in [2.24, 2.45) is 0 Å². The molecule has 3 aliphatic rings. The topological polar surface area (TPSA) is 185 Å². The maximum atomic E-state index is 13.1. The minimum Gasteiger partial charge on any atom is -0.495 e. The van der Waals surface area contributed by atoms with Gasteiger partial charge in [-0.05, 0) is 55.0 Å². The Balaban J connectivity index is 0.783. The molecule has 7 rings (SSSR count). The number of amides is 4. The van der Waals surface area contributed by atoms with Crippen molar-refractivity contribution in [3.8, 4) is 23.3 Å². The number of rotatable bonds is 19. The summed E-state index contributed by atoms with van der Waals surface area (Å²) in [5.74, 6) is 0.474. The maximum Gasteiger partial charge on any atom is 0.255 e. The molecule has 0 bridgehead atoms. The summed E-state index contributed by atoms with van der Waals surface area (Å²) >= 11 is 12.7. The molecule has 2 saturated heterocycles. The summed E-state index contributed by atoms with van der Waals surface area (Å²) in [6.07, 6.45) is 4.23. The summed E-state index contributed by atoms with van der Waals surface area (Å²) in [4.78, 5) is 60.1. The predicted molar refractivity (Wildman–Crippen MR) is 235 cm³/mol. The van der Waals surface area contributed by atoms with E-state index in [9.17, 15) is 24.4 Å². The molecule has 3 aromatic carbocycles. The van der Waals surface area contributed by atoms with Crippen molar-refractivity contribution in [2.75, 3.05) is 85.3 Å². The molecule has 4 heterocycles. The zero-order chi connectivity index (χ0) is 44.5. The number of piperidine rings is 1. The average Bonchev–Trinajstić information content (AvgIpc) is 3.62. The highest BCUT2D eigenvalue weighted by Crippen LogP contribution is 2.40. The van der Waals surface area contributed by atoms with Gasteiger partial charge in [-0.1, -0.05) is 35.3 Å². The van der Waals surface area contributed by atoms with Gasteiger partial charge in [0.15, 0.2) is 11.5 Å². The molecule has 18 heteroatoms. The first-order valence-electron chi connectivity index (χ1n) is 20.8. The number of pyridine rings is 1. The maximum absolute atomic E-state index is 13.1. The molecule has 2 fully saturated rings. The van der Waals surface area contributed by atoms with Crippen LogP contribution in [-0.4, -0.2) is 129 Å². The van der Waals surface area contributed by atoms with Gasteiger partial charge in [0.1, 0.15) is 24.5 Å². The Bertz CT molecular complexity index is 2400. The lowest BCUT2D eigenvalue weighted by atomic mass is 10.00. The van der Waals surface area contributed by atoms with Crippen molar-refractivity contribution in [3.05, 3.63) is 81.0 Å². The standard InChI is InChI=1S/C45H49Cl2N7O9/c1-59-38-23-36(33(46)21-34(38)47)50-43-29(24-48)25-49-35-22-40(39(60-2)20-31(35)43)63-17-5-11-52-12-14-53(15-13-52)42(56)27-62-19-18-61-16-4-7-28-6-3-8-30-32(28)26-54(45(30)58)37-9-10-41(55)51-44(37)57/h3,6,8,20-23,25,37H,4-5,7,9-19,26-27H2,1-2H3,(H,49,50)(H,51,55,57). The number of halogens is 2. The van der Waals surface area contributed by atoms with E-state index in [-0.39, 0.29) is 30.7 Å². The largest absolute Gasteiger partial charge is 0.495 e. The number of benzene rings is 3.